The number of H-pyrrole nitrogens is 1. The summed E-state index contributed by atoms with van der Waals surface area (Å²) < 4.78 is 40.6. The molecule has 0 aliphatic carbocycles. The van der Waals surface area contributed by atoms with Gasteiger partial charge in [-0.2, -0.15) is 13.2 Å². The standard InChI is InChI=1S/C18H14ClF3N6O2/c1-9-4-5-12(10(7-9)16(29)26-23)25-17(30)13-8-14(18(20,21)22)27-28(13)15-11(19)3-2-6-24-15/h2-8H,1H3,(H4,23,25,26,27,29,30)/p+1. The lowest BCUT2D eigenvalue weighted by molar-refractivity contribution is -0.661. The van der Waals surface area contributed by atoms with Crippen LogP contribution in [0.25, 0.3) is 5.82 Å². The van der Waals surface area contributed by atoms with Crippen LogP contribution in [-0.2, 0) is 6.18 Å². The number of hydrazine groups is 1. The van der Waals surface area contributed by atoms with Gasteiger partial charge in [0.2, 0.25) is 5.69 Å². The lowest BCUT2D eigenvalue weighted by Crippen LogP contribution is -2.42. The maximum absolute atomic E-state index is 13.3. The zero-order valence-electron chi connectivity index (χ0n) is 15.3. The fraction of sp³-hybridized carbons (Fsp3) is 0.111. The van der Waals surface area contributed by atoms with Crippen LogP contribution < -0.4 is 21.3 Å². The molecule has 1 aromatic carbocycles. The van der Waals surface area contributed by atoms with E-state index in [2.05, 4.69) is 15.4 Å². The lowest BCUT2D eigenvalue weighted by Gasteiger charge is -2.10. The number of rotatable bonds is 4. The minimum Gasteiger partial charge on any atom is -0.318 e. The smallest absolute Gasteiger partial charge is 0.318 e. The molecule has 12 heteroatoms. The van der Waals surface area contributed by atoms with Crippen molar-refractivity contribution in [3.63, 3.8) is 0 Å². The third-order valence-electron chi connectivity index (χ3n) is 4.04. The first-order valence-electron chi connectivity index (χ1n) is 8.38. The second kappa shape index (κ2) is 8.13. The molecule has 156 valence electrons. The molecule has 8 nitrogen and oxygen atoms in total. The van der Waals surface area contributed by atoms with Crippen molar-refractivity contribution < 1.29 is 27.4 Å². The van der Waals surface area contributed by atoms with Crippen LogP contribution in [0.2, 0.25) is 5.02 Å². The molecule has 0 bridgehead atoms. The highest BCUT2D eigenvalue weighted by atomic mass is 35.5. The van der Waals surface area contributed by atoms with Crippen LogP contribution in [-0.4, -0.2) is 21.9 Å². The first-order valence-corrected chi connectivity index (χ1v) is 8.75. The Morgan fingerprint density at radius 1 is 1.20 bits per heavy atom. The molecule has 0 saturated heterocycles. The molecule has 30 heavy (non-hydrogen) atoms. The van der Waals surface area contributed by atoms with Crippen molar-refractivity contribution in [1.82, 2.24) is 15.5 Å². The number of aromatic nitrogens is 3. The van der Waals surface area contributed by atoms with Gasteiger partial charge in [-0.1, -0.05) is 23.2 Å². The van der Waals surface area contributed by atoms with Gasteiger partial charge in [-0.25, -0.2) is 10.9 Å². The van der Waals surface area contributed by atoms with Gasteiger partial charge in [-0.15, -0.1) is 4.68 Å². The molecule has 2 aromatic heterocycles. The number of nitrogens with one attached hydrogen (secondary N) is 3. The van der Waals surface area contributed by atoms with Gasteiger partial charge in [0.15, 0.2) is 5.69 Å². The molecule has 5 N–H and O–H groups in total. The Balaban J connectivity index is 2.08. The molecule has 3 aromatic rings. The van der Waals surface area contributed by atoms with Gasteiger partial charge in [0, 0.05) is 6.07 Å². The number of hydrogen-bond donors (Lipinski definition) is 4. The molecule has 0 aliphatic heterocycles. The number of amides is 2. The molecular formula is C18H15ClF3N6O2+. The third kappa shape index (κ3) is 4.26. The minimum atomic E-state index is -4.75. The molecule has 0 radical (unpaired) electrons. The van der Waals surface area contributed by atoms with Gasteiger partial charge < -0.3 is 5.32 Å². The summed E-state index contributed by atoms with van der Waals surface area (Å²) in [6.45, 7) is 1.72. The van der Waals surface area contributed by atoms with Crippen molar-refractivity contribution in [3.05, 3.63) is 70.1 Å². The summed E-state index contributed by atoms with van der Waals surface area (Å²) in [4.78, 5) is 28.8. The Morgan fingerprint density at radius 3 is 2.57 bits per heavy atom. The number of alkyl halides is 3. The molecular weight excluding hydrogens is 425 g/mol. The van der Waals surface area contributed by atoms with Crippen LogP contribution in [0.1, 0.15) is 32.1 Å². The van der Waals surface area contributed by atoms with Gasteiger partial charge in [0.25, 0.3) is 11.8 Å². The monoisotopic (exact) mass is 439 g/mol. The maximum atomic E-state index is 13.3. The van der Waals surface area contributed by atoms with E-state index in [0.717, 1.165) is 4.68 Å². The Kier molecular flexibility index (Phi) is 5.76. The molecule has 3 rings (SSSR count). The molecule has 2 amide bonds. The number of nitrogen functional groups attached to an aromatic ring is 1. The molecule has 0 spiro atoms. The summed E-state index contributed by atoms with van der Waals surface area (Å²) in [6.07, 6.45) is -3.44. The molecule has 0 unspecified atom stereocenters. The van der Waals surface area contributed by atoms with E-state index in [-0.39, 0.29) is 22.1 Å². The SMILES string of the molecule is Cc1ccc(NC(=O)c2cc(C(F)(F)F)[nH][n+]2-c2ncccc2Cl)c(C(=O)NN)c1. The van der Waals surface area contributed by atoms with Crippen LogP contribution in [0.3, 0.4) is 0 Å². The van der Waals surface area contributed by atoms with Crippen LogP contribution >= 0.6 is 11.6 Å². The number of halogens is 4. The largest absolute Gasteiger partial charge is 0.434 e. The van der Waals surface area contributed by atoms with Crippen molar-refractivity contribution in [3.8, 4) is 5.82 Å². The van der Waals surface area contributed by atoms with Crippen LogP contribution in [0, 0.1) is 6.92 Å². The fourth-order valence-corrected chi connectivity index (χ4v) is 2.86. The van der Waals surface area contributed by atoms with E-state index in [1.54, 1.807) is 13.0 Å². The number of nitrogens with zero attached hydrogens (tertiary/aromatic N) is 2. The van der Waals surface area contributed by atoms with E-state index in [1.807, 2.05) is 5.43 Å². The summed E-state index contributed by atoms with van der Waals surface area (Å²) in [5, 5.41) is 4.54. The molecule has 0 fully saturated rings. The van der Waals surface area contributed by atoms with Crippen molar-refractivity contribution in [2.45, 2.75) is 13.1 Å². The number of hydrogen-bond acceptors (Lipinski definition) is 4. The highest BCUT2D eigenvalue weighted by Gasteiger charge is 2.38. The lowest BCUT2D eigenvalue weighted by atomic mass is 10.1. The topological polar surface area (TPSA) is 117 Å². The number of carbonyl (C=O) groups excluding carboxylic acids is 2. The quantitative estimate of drug-likeness (QED) is 0.216. The Bertz CT molecular complexity index is 1130. The highest BCUT2D eigenvalue weighted by Crippen LogP contribution is 2.28. The van der Waals surface area contributed by atoms with Crippen LogP contribution in [0.5, 0.6) is 0 Å². The van der Waals surface area contributed by atoms with E-state index in [0.29, 0.717) is 11.6 Å². The minimum absolute atomic E-state index is 0.0191. The predicted octanol–water partition coefficient (Wildman–Crippen LogP) is 2.52. The van der Waals surface area contributed by atoms with E-state index >= 15 is 0 Å². The van der Waals surface area contributed by atoms with Gasteiger partial charge in [0.1, 0.15) is 11.2 Å². The first kappa shape index (κ1) is 21.3. The van der Waals surface area contributed by atoms with E-state index in [4.69, 9.17) is 17.4 Å². The summed E-state index contributed by atoms with van der Waals surface area (Å²) in [5.74, 6) is 3.44. The van der Waals surface area contributed by atoms with Gasteiger partial charge in [0.05, 0.1) is 11.3 Å². The second-order valence-electron chi connectivity index (χ2n) is 6.17. The molecule has 0 aliphatic rings. The zero-order valence-corrected chi connectivity index (χ0v) is 16.1. The normalized spacial score (nSPS) is 11.3. The molecule has 0 saturated carbocycles. The summed E-state index contributed by atoms with van der Waals surface area (Å²) in [6, 6.07) is 8.05. The van der Waals surface area contributed by atoms with Crippen molar-refractivity contribution in [2.75, 3.05) is 5.32 Å². The van der Waals surface area contributed by atoms with Crippen molar-refractivity contribution in [1.29, 1.82) is 0 Å². The van der Waals surface area contributed by atoms with E-state index < -0.39 is 29.4 Å². The predicted molar refractivity (Wildman–Crippen MR) is 101 cm³/mol. The maximum Gasteiger partial charge on any atom is 0.434 e. The Labute approximate surface area is 172 Å². The van der Waals surface area contributed by atoms with Gasteiger partial charge in [-0.05, 0) is 36.2 Å². The van der Waals surface area contributed by atoms with Crippen molar-refractivity contribution in [2.24, 2.45) is 5.84 Å². The van der Waals surface area contributed by atoms with Crippen molar-refractivity contribution >= 4 is 29.1 Å². The van der Waals surface area contributed by atoms with E-state index in [9.17, 15) is 22.8 Å². The molecule has 0 atom stereocenters. The molecule has 2 heterocycles. The number of aromatic amines is 1. The second-order valence-corrected chi connectivity index (χ2v) is 6.58. The number of carbonyl (C=O) groups is 2. The zero-order chi connectivity index (χ0) is 22.1. The van der Waals surface area contributed by atoms with Gasteiger partial charge >= 0.3 is 12.0 Å². The Hall–Kier alpha value is -3.44. The average Bonchev–Trinajstić information content (AvgIpc) is 3.15. The number of pyridine rings is 1. The van der Waals surface area contributed by atoms with Gasteiger partial charge in [-0.3, -0.25) is 15.0 Å². The van der Waals surface area contributed by atoms with Crippen LogP contribution in [0.15, 0.2) is 42.6 Å². The number of anilines is 1. The highest BCUT2D eigenvalue weighted by molar-refractivity contribution is 6.31. The van der Waals surface area contributed by atoms with Crippen LogP contribution in [0.4, 0.5) is 18.9 Å². The summed E-state index contributed by atoms with van der Waals surface area (Å²) >= 11 is 6.04. The number of benzene rings is 1. The fourth-order valence-electron chi connectivity index (χ4n) is 2.65. The summed E-state index contributed by atoms with van der Waals surface area (Å²) in [5.41, 5.74) is 1.15. The first-order chi connectivity index (χ1) is 14.1. The Morgan fingerprint density at radius 2 is 1.93 bits per heavy atom. The van der Waals surface area contributed by atoms with E-state index in [1.165, 1.54) is 30.5 Å². The third-order valence-corrected chi connectivity index (χ3v) is 4.34. The summed E-state index contributed by atoms with van der Waals surface area (Å²) in [7, 11) is 0. The number of aryl methyl sites for hydroxylation is 1. The number of nitrogens with two attached hydrogens (primary N) is 1. The average molecular weight is 440 g/mol.